The molecule has 1 aromatic heterocycles. The number of nitrogens with one attached hydrogen (secondary N) is 3. The van der Waals surface area contributed by atoms with Gasteiger partial charge in [-0.1, -0.05) is 6.07 Å². The van der Waals surface area contributed by atoms with Crippen LogP contribution in [0, 0.1) is 11.3 Å². The van der Waals surface area contributed by atoms with Crippen molar-refractivity contribution in [2.75, 3.05) is 16.0 Å². The van der Waals surface area contributed by atoms with Gasteiger partial charge in [-0.05, 0) is 60.7 Å². The van der Waals surface area contributed by atoms with Gasteiger partial charge in [0.1, 0.15) is 11.4 Å². The van der Waals surface area contributed by atoms with Gasteiger partial charge >= 0.3 is 0 Å². The fourth-order valence-electron chi connectivity index (χ4n) is 2.55. The third-order valence-corrected chi connectivity index (χ3v) is 3.95. The number of hydrogen-bond acceptors (Lipinski definition) is 5. The molecule has 0 unspecified atom stereocenters. The number of nitriles is 1. The van der Waals surface area contributed by atoms with Crippen molar-refractivity contribution in [3.63, 3.8) is 0 Å². The highest BCUT2D eigenvalue weighted by atomic mass is 16.2. The molecule has 0 atom stereocenters. The van der Waals surface area contributed by atoms with E-state index >= 15 is 0 Å². The molecule has 0 saturated carbocycles. The zero-order chi connectivity index (χ0) is 21.5. The number of carbonyl (C=O) groups is 3. The molecule has 0 aliphatic carbocycles. The first kappa shape index (κ1) is 20.2. The Kier molecular flexibility index (Phi) is 6.15. The highest BCUT2D eigenvalue weighted by Crippen LogP contribution is 2.15. The van der Waals surface area contributed by atoms with Crippen LogP contribution in [0.25, 0.3) is 0 Å². The molecular weight excluding hydrogens is 382 g/mol. The molecule has 3 aromatic rings. The van der Waals surface area contributed by atoms with Crippen molar-refractivity contribution in [3.05, 3.63) is 83.7 Å². The van der Waals surface area contributed by atoms with Crippen molar-refractivity contribution in [1.82, 2.24) is 4.98 Å². The summed E-state index contributed by atoms with van der Waals surface area (Å²) in [4.78, 5) is 40.1. The van der Waals surface area contributed by atoms with Gasteiger partial charge in [-0.25, -0.2) is 4.98 Å². The molecule has 0 spiro atoms. The number of amides is 3. The summed E-state index contributed by atoms with van der Waals surface area (Å²) in [6.07, 6.45) is 0. The molecule has 0 fully saturated rings. The van der Waals surface area contributed by atoms with Crippen LogP contribution in [0.4, 0.5) is 17.1 Å². The Labute approximate surface area is 172 Å². The average molecular weight is 399 g/mol. The van der Waals surface area contributed by atoms with E-state index in [0.717, 1.165) is 0 Å². The van der Waals surface area contributed by atoms with Gasteiger partial charge in [0.05, 0.1) is 11.6 Å². The van der Waals surface area contributed by atoms with Crippen molar-refractivity contribution in [3.8, 4) is 6.07 Å². The van der Waals surface area contributed by atoms with Crippen LogP contribution in [0.1, 0.15) is 33.5 Å². The van der Waals surface area contributed by atoms with E-state index < -0.39 is 11.8 Å². The highest BCUT2D eigenvalue weighted by molar-refractivity contribution is 6.06. The molecule has 0 bridgehead atoms. The molecule has 3 N–H and O–H groups in total. The topological polar surface area (TPSA) is 124 Å². The van der Waals surface area contributed by atoms with Gasteiger partial charge in [-0.2, -0.15) is 5.26 Å². The van der Waals surface area contributed by atoms with Gasteiger partial charge in [-0.15, -0.1) is 0 Å². The van der Waals surface area contributed by atoms with Gasteiger partial charge in [0, 0.05) is 24.0 Å². The van der Waals surface area contributed by atoms with Crippen LogP contribution < -0.4 is 16.0 Å². The van der Waals surface area contributed by atoms with E-state index in [-0.39, 0.29) is 17.3 Å². The number of aromatic nitrogens is 1. The molecule has 3 amide bonds. The van der Waals surface area contributed by atoms with E-state index in [1.54, 1.807) is 54.6 Å². The number of pyridine rings is 1. The summed E-state index contributed by atoms with van der Waals surface area (Å²) in [7, 11) is 0. The summed E-state index contributed by atoms with van der Waals surface area (Å²) in [5, 5.41) is 16.8. The molecule has 0 aliphatic heterocycles. The Hall–Kier alpha value is -4.51. The monoisotopic (exact) mass is 399 g/mol. The Morgan fingerprint density at radius 3 is 1.60 bits per heavy atom. The molecule has 148 valence electrons. The predicted octanol–water partition coefficient (Wildman–Crippen LogP) is 3.42. The molecule has 30 heavy (non-hydrogen) atoms. The van der Waals surface area contributed by atoms with Crippen molar-refractivity contribution in [2.24, 2.45) is 0 Å². The lowest BCUT2D eigenvalue weighted by atomic mass is 10.2. The number of anilines is 3. The Balaban J connectivity index is 1.67. The first-order valence-corrected chi connectivity index (χ1v) is 8.92. The van der Waals surface area contributed by atoms with Crippen LogP contribution in [0.2, 0.25) is 0 Å². The predicted molar refractivity (Wildman–Crippen MR) is 112 cm³/mol. The summed E-state index contributed by atoms with van der Waals surface area (Å²) in [5.74, 6) is -1.14. The van der Waals surface area contributed by atoms with Gasteiger partial charge in [0.2, 0.25) is 5.91 Å². The first-order chi connectivity index (χ1) is 14.4. The normalized spacial score (nSPS) is 9.87. The van der Waals surface area contributed by atoms with Gasteiger partial charge < -0.3 is 16.0 Å². The second-order valence-corrected chi connectivity index (χ2v) is 6.26. The number of carbonyl (C=O) groups excluding carboxylic acids is 3. The number of benzene rings is 2. The second kappa shape index (κ2) is 9.12. The van der Waals surface area contributed by atoms with Crippen LogP contribution in [0.15, 0.2) is 66.7 Å². The van der Waals surface area contributed by atoms with Crippen LogP contribution in [-0.4, -0.2) is 22.7 Å². The Morgan fingerprint density at radius 2 is 1.17 bits per heavy atom. The Bertz CT molecular complexity index is 1130. The fourth-order valence-corrected chi connectivity index (χ4v) is 2.55. The number of hydrogen-bond donors (Lipinski definition) is 3. The largest absolute Gasteiger partial charge is 0.326 e. The minimum atomic E-state index is -0.478. The van der Waals surface area contributed by atoms with E-state index in [1.807, 2.05) is 6.07 Å². The molecule has 1 heterocycles. The summed E-state index contributed by atoms with van der Waals surface area (Å²) in [6, 6.07) is 19.6. The van der Waals surface area contributed by atoms with Crippen molar-refractivity contribution < 1.29 is 14.4 Å². The van der Waals surface area contributed by atoms with Crippen LogP contribution in [0.3, 0.4) is 0 Å². The second-order valence-electron chi connectivity index (χ2n) is 6.26. The van der Waals surface area contributed by atoms with Crippen LogP contribution in [0.5, 0.6) is 0 Å². The van der Waals surface area contributed by atoms with E-state index in [2.05, 4.69) is 20.9 Å². The lowest BCUT2D eigenvalue weighted by Crippen LogP contribution is -2.18. The Morgan fingerprint density at radius 1 is 0.733 bits per heavy atom. The third-order valence-electron chi connectivity index (χ3n) is 3.95. The zero-order valence-electron chi connectivity index (χ0n) is 16.0. The lowest BCUT2D eigenvalue weighted by molar-refractivity contribution is -0.114. The number of rotatable bonds is 5. The van der Waals surface area contributed by atoms with Gasteiger partial charge in [0.25, 0.3) is 11.8 Å². The van der Waals surface area contributed by atoms with E-state index in [1.165, 1.54) is 19.1 Å². The average Bonchev–Trinajstić information content (AvgIpc) is 2.75. The van der Waals surface area contributed by atoms with E-state index in [9.17, 15) is 14.4 Å². The molecular formula is C22H17N5O3. The van der Waals surface area contributed by atoms with Gasteiger partial charge in [-0.3, -0.25) is 14.4 Å². The summed E-state index contributed by atoms with van der Waals surface area (Å²) in [5.41, 5.74) is 2.27. The molecule has 0 radical (unpaired) electrons. The summed E-state index contributed by atoms with van der Waals surface area (Å²) in [6.45, 7) is 1.41. The highest BCUT2D eigenvalue weighted by Gasteiger charge is 2.13. The molecule has 3 rings (SSSR count). The molecule has 8 nitrogen and oxygen atoms in total. The standard InChI is InChI=1S/C22H17N5O3/c1-14(28)24-16-9-11-18(12-10-16)26-22(30)20-4-2-3-19(27-20)21(29)25-17-7-5-15(13-23)6-8-17/h2-12H,1H3,(H,24,28)(H,25,29)(H,26,30). The SMILES string of the molecule is CC(=O)Nc1ccc(NC(=O)c2cccc(C(=O)Nc3ccc(C#N)cc3)n2)cc1. The molecule has 0 saturated heterocycles. The van der Waals surface area contributed by atoms with E-state index in [0.29, 0.717) is 22.6 Å². The first-order valence-electron chi connectivity index (χ1n) is 8.92. The lowest BCUT2D eigenvalue weighted by Gasteiger charge is -2.08. The van der Waals surface area contributed by atoms with Gasteiger partial charge in [0.15, 0.2) is 0 Å². The third kappa shape index (κ3) is 5.27. The molecule has 0 aliphatic rings. The maximum Gasteiger partial charge on any atom is 0.274 e. The van der Waals surface area contributed by atoms with Crippen LogP contribution in [-0.2, 0) is 4.79 Å². The van der Waals surface area contributed by atoms with Crippen molar-refractivity contribution in [2.45, 2.75) is 6.92 Å². The smallest absolute Gasteiger partial charge is 0.274 e. The molecule has 8 heteroatoms. The minimum absolute atomic E-state index is 0.0769. The summed E-state index contributed by atoms with van der Waals surface area (Å²) < 4.78 is 0. The van der Waals surface area contributed by atoms with Crippen LogP contribution >= 0.6 is 0 Å². The van der Waals surface area contributed by atoms with Crippen molar-refractivity contribution in [1.29, 1.82) is 5.26 Å². The fraction of sp³-hybridized carbons (Fsp3) is 0.0455. The molecule has 2 aromatic carbocycles. The minimum Gasteiger partial charge on any atom is -0.326 e. The van der Waals surface area contributed by atoms with Crippen molar-refractivity contribution >= 4 is 34.8 Å². The maximum atomic E-state index is 12.5. The maximum absolute atomic E-state index is 12.5. The number of nitrogens with zero attached hydrogens (tertiary/aromatic N) is 2. The summed E-state index contributed by atoms with van der Waals surface area (Å²) >= 11 is 0. The quantitative estimate of drug-likeness (QED) is 0.606. The van der Waals surface area contributed by atoms with E-state index in [4.69, 9.17) is 5.26 Å². The zero-order valence-corrected chi connectivity index (χ0v) is 16.0.